The lowest BCUT2D eigenvalue weighted by Gasteiger charge is -2.23. The van der Waals surface area contributed by atoms with Crippen molar-refractivity contribution in [3.8, 4) is 5.75 Å². The summed E-state index contributed by atoms with van der Waals surface area (Å²) in [4.78, 5) is 11.4. The van der Waals surface area contributed by atoms with Gasteiger partial charge in [0, 0.05) is 11.6 Å². The van der Waals surface area contributed by atoms with Crippen molar-refractivity contribution >= 4 is 11.6 Å². The van der Waals surface area contributed by atoms with Crippen molar-refractivity contribution in [1.82, 2.24) is 0 Å². The van der Waals surface area contributed by atoms with Gasteiger partial charge < -0.3 is 15.2 Å². The smallest absolute Gasteiger partial charge is 0.430 e. The number of fused-ring (bicyclic) bond motifs is 1. The van der Waals surface area contributed by atoms with Gasteiger partial charge in [-0.15, -0.1) is 0 Å². The molecule has 0 fully saturated rings. The fraction of sp³-hybridized carbons (Fsp3) is 0.417. The van der Waals surface area contributed by atoms with Crippen molar-refractivity contribution in [2.24, 2.45) is 0 Å². The van der Waals surface area contributed by atoms with E-state index in [9.17, 15) is 23.1 Å². The van der Waals surface area contributed by atoms with Crippen LogP contribution in [0.25, 0.3) is 0 Å². The Bertz CT molecular complexity index is 527. The molecule has 0 radical (unpaired) electrons. The Kier molecular flexibility index (Phi) is 2.97. The summed E-state index contributed by atoms with van der Waals surface area (Å²) in [5.41, 5.74) is -4.11. The second kappa shape index (κ2) is 4.12. The second-order valence-corrected chi connectivity index (χ2v) is 4.54. The highest BCUT2D eigenvalue weighted by Gasteiger charge is 2.64. The Hall–Kier alpha value is -1.76. The van der Waals surface area contributed by atoms with Crippen LogP contribution >= 0.6 is 0 Å². The lowest BCUT2D eigenvalue weighted by atomic mass is 9.95. The molecule has 1 aromatic rings. The Morgan fingerprint density at radius 2 is 2.00 bits per heavy atom. The van der Waals surface area contributed by atoms with Gasteiger partial charge in [0.15, 0.2) is 0 Å². The van der Waals surface area contributed by atoms with Gasteiger partial charge in [0.25, 0.3) is 11.5 Å². The molecule has 1 amide bonds. The minimum atomic E-state index is -5.08. The fourth-order valence-corrected chi connectivity index (χ4v) is 1.90. The second-order valence-electron chi connectivity index (χ2n) is 4.54. The van der Waals surface area contributed by atoms with Crippen LogP contribution in [-0.4, -0.2) is 23.3 Å². The lowest BCUT2D eigenvalue weighted by molar-refractivity contribution is -0.252. The summed E-state index contributed by atoms with van der Waals surface area (Å²) < 4.78 is 43.8. The molecule has 1 unspecified atom stereocenters. The third kappa shape index (κ3) is 2.03. The highest BCUT2D eigenvalue weighted by atomic mass is 19.4. The summed E-state index contributed by atoms with van der Waals surface area (Å²) >= 11 is 0. The van der Waals surface area contributed by atoms with Gasteiger partial charge in [-0.2, -0.15) is 13.2 Å². The van der Waals surface area contributed by atoms with Gasteiger partial charge in [0.05, 0.1) is 11.8 Å². The molecule has 1 aliphatic heterocycles. The van der Waals surface area contributed by atoms with E-state index >= 15 is 0 Å². The SMILES string of the molecule is CC(C)Oc1ccc2c(c1)NC(=O)C2(O)C(F)(F)F. The number of rotatable bonds is 2. The molecular formula is C12H12F3NO3. The van der Waals surface area contributed by atoms with Crippen LogP contribution in [0, 0.1) is 0 Å². The molecule has 19 heavy (non-hydrogen) atoms. The molecular weight excluding hydrogens is 263 g/mol. The number of carbonyl (C=O) groups excluding carboxylic acids is 1. The van der Waals surface area contributed by atoms with Crippen LogP contribution < -0.4 is 10.1 Å². The van der Waals surface area contributed by atoms with Gasteiger partial charge in [-0.05, 0) is 26.0 Å². The molecule has 1 aliphatic rings. The average molecular weight is 275 g/mol. The molecule has 1 heterocycles. The first-order chi connectivity index (χ1) is 8.66. The van der Waals surface area contributed by atoms with Gasteiger partial charge in [-0.3, -0.25) is 4.79 Å². The molecule has 0 bridgehead atoms. The van der Waals surface area contributed by atoms with Crippen molar-refractivity contribution < 1.29 is 27.8 Å². The maximum atomic E-state index is 12.8. The van der Waals surface area contributed by atoms with E-state index in [0.29, 0.717) is 5.75 Å². The fourth-order valence-electron chi connectivity index (χ4n) is 1.90. The van der Waals surface area contributed by atoms with E-state index in [0.717, 1.165) is 6.07 Å². The first-order valence-corrected chi connectivity index (χ1v) is 5.58. The number of ether oxygens (including phenoxy) is 1. The molecule has 104 valence electrons. The molecule has 0 saturated carbocycles. The van der Waals surface area contributed by atoms with Gasteiger partial charge in [-0.1, -0.05) is 0 Å². The molecule has 2 rings (SSSR count). The van der Waals surface area contributed by atoms with E-state index in [1.54, 1.807) is 13.8 Å². The van der Waals surface area contributed by atoms with Gasteiger partial charge in [0.2, 0.25) is 0 Å². The molecule has 0 spiro atoms. The Balaban J connectivity index is 2.47. The molecule has 0 aromatic heterocycles. The zero-order chi connectivity index (χ0) is 14.4. The summed E-state index contributed by atoms with van der Waals surface area (Å²) in [5, 5.41) is 11.7. The molecule has 0 aliphatic carbocycles. The lowest BCUT2D eigenvalue weighted by Crippen LogP contribution is -2.47. The quantitative estimate of drug-likeness (QED) is 0.869. The zero-order valence-electron chi connectivity index (χ0n) is 10.2. The van der Waals surface area contributed by atoms with Crippen LogP contribution in [0.3, 0.4) is 0 Å². The summed E-state index contributed by atoms with van der Waals surface area (Å²) in [6.07, 6.45) is -5.24. The van der Waals surface area contributed by atoms with E-state index in [4.69, 9.17) is 4.74 Å². The van der Waals surface area contributed by atoms with Crippen LogP contribution in [0.15, 0.2) is 18.2 Å². The van der Waals surface area contributed by atoms with Crippen LogP contribution in [-0.2, 0) is 10.4 Å². The van der Waals surface area contributed by atoms with Crippen molar-refractivity contribution in [2.45, 2.75) is 31.7 Å². The van der Waals surface area contributed by atoms with Gasteiger partial charge in [-0.25, -0.2) is 0 Å². The van der Waals surface area contributed by atoms with Crippen LogP contribution in [0.5, 0.6) is 5.75 Å². The minimum absolute atomic E-state index is 0.0945. The number of anilines is 1. The molecule has 7 heteroatoms. The van der Waals surface area contributed by atoms with E-state index in [1.807, 2.05) is 5.32 Å². The van der Waals surface area contributed by atoms with Crippen molar-refractivity contribution in [3.05, 3.63) is 23.8 Å². The number of halogens is 3. The number of aliphatic hydroxyl groups is 1. The van der Waals surface area contributed by atoms with E-state index in [2.05, 4.69) is 0 Å². The first kappa shape index (κ1) is 13.7. The van der Waals surface area contributed by atoms with E-state index < -0.39 is 23.2 Å². The summed E-state index contributed by atoms with van der Waals surface area (Å²) in [6, 6.07) is 3.59. The largest absolute Gasteiger partial charge is 0.491 e. The first-order valence-electron chi connectivity index (χ1n) is 5.58. The maximum Gasteiger partial charge on any atom is 0.430 e. The zero-order valence-corrected chi connectivity index (χ0v) is 10.2. The summed E-state index contributed by atoms with van der Waals surface area (Å²) in [7, 11) is 0. The Morgan fingerprint density at radius 1 is 1.37 bits per heavy atom. The maximum absolute atomic E-state index is 12.8. The van der Waals surface area contributed by atoms with Crippen molar-refractivity contribution in [3.63, 3.8) is 0 Å². The Morgan fingerprint density at radius 3 is 2.53 bits per heavy atom. The van der Waals surface area contributed by atoms with Gasteiger partial charge in [0.1, 0.15) is 5.75 Å². The molecule has 2 N–H and O–H groups in total. The van der Waals surface area contributed by atoms with Crippen LogP contribution in [0.1, 0.15) is 19.4 Å². The third-order valence-electron chi connectivity index (χ3n) is 2.74. The Labute approximate surface area is 107 Å². The number of amides is 1. The van der Waals surface area contributed by atoms with Crippen molar-refractivity contribution in [1.29, 1.82) is 0 Å². The molecule has 0 saturated heterocycles. The standard InChI is InChI=1S/C12H12F3NO3/c1-6(2)19-7-3-4-8-9(5-7)16-10(17)11(8,18)12(13,14)15/h3-6,18H,1-2H3,(H,16,17). The predicted octanol–water partition coefficient (Wildman–Crippen LogP) is 2.18. The number of benzene rings is 1. The van der Waals surface area contributed by atoms with Crippen LogP contribution in [0.4, 0.5) is 18.9 Å². The summed E-state index contributed by atoms with van der Waals surface area (Å²) in [5.74, 6) is -1.18. The van der Waals surface area contributed by atoms with Gasteiger partial charge >= 0.3 is 6.18 Å². The van der Waals surface area contributed by atoms with Crippen LogP contribution in [0.2, 0.25) is 0 Å². The van der Waals surface area contributed by atoms with E-state index in [-0.39, 0.29) is 11.8 Å². The van der Waals surface area contributed by atoms with E-state index in [1.165, 1.54) is 12.1 Å². The molecule has 1 atom stereocenters. The number of carbonyl (C=O) groups is 1. The average Bonchev–Trinajstić information content (AvgIpc) is 2.50. The number of hydrogen-bond acceptors (Lipinski definition) is 3. The highest BCUT2D eigenvalue weighted by molar-refractivity contribution is 6.05. The number of hydrogen-bond donors (Lipinski definition) is 2. The minimum Gasteiger partial charge on any atom is -0.491 e. The van der Waals surface area contributed by atoms with Crippen molar-refractivity contribution in [2.75, 3.05) is 5.32 Å². The normalized spacial score (nSPS) is 22.4. The third-order valence-corrected chi connectivity index (χ3v) is 2.74. The highest BCUT2D eigenvalue weighted by Crippen LogP contribution is 2.47. The number of nitrogens with one attached hydrogen (secondary N) is 1. The predicted molar refractivity (Wildman–Crippen MR) is 60.8 cm³/mol. The monoisotopic (exact) mass is 275 g/mol. The molecule has 4 nitrogen and oxygen atoms in total. The number of alkyl halides is 3. The topological polar surface area (TPSA) is 58.6 Å². The molecule has 1 aromatic carbocycles. The summed E-state index contributed by atoms with van der Waals surface area (Å²) in [6.45, 7) is 3.52.